The molecule has 3 rings (SSSR count). The predicted molar refractivity (Wildman–Crippen MR) is 98.7 cm³/mol. The van der Waals surface area contributed by atoms with Crippen molar-refractivity contribution in [2.75, 3.05) is 32.7 Å². The minimum atomic E-state index is -0.405. The summed E-state index contributed by atoms with van der Waals surface area (Å²) >= 11 is 0. The van der Waals surface area contributed by atoms with Gasteiger partial charge in [0.15, 0.2) is 0 Å². The summed E-state index contributed by atoms with van der Waals surface area (Å²) in [5.41, 5.74) is 2.88. The third kappa shape index (κ3) is 4.54. The number of amides is 1. The fourth-order valence-corrected chi connectivity index (χ4v) is 3.08. The summed E-state index contributed by atoms with van der Waals surface area (Å²) in [6, 6.07) is 17.6. The number of piperazine rings is 1. The maximum absolute atomic E-state index is 12.4. The second-order valence-electron chi connectivity index (χ2n) is 6.56. The molecule has 4 heteroatoms. The lowest BCUT2D eigenvalue weighted by Gasteiger charge is -2.34. The van der Waals surface area contributed by atoms with E-state index in [0.29, 0.717) is 18.7 Å². The van der Waals surface area contributed by atoms with Crippen LogP contribution >= 0.6 is 0 Å². The quantitative estimate of drug-likeness (QED) is 0.622. The van der Waals surface area contributed by atoms with Crippen LogP contribution in [0.1, 0.15) is 21.5 Å². The average Bonchev–Trinajstić information content (AvgIpc) is 2.67. The highest BCUT2D eigenvalue weighted by molar-refractivity contribution is 6.42. The third-order valence-electron chi connectivity index (χ3n) is 4.73. The van der Waals surface area contributed by atoms with Gasteiger partial charge in [0, 0.05) is 38.3 Å². The summed E-state index contributed by atoms with van der Waals surface area (Å²) in [6.45, 7) is 5.82. The molecular weight excluding hydrogens is 312 g/mol. The minimum absolute atomic E-state index is 0.383. The number of aryl methyl sites for hydroxylation is 1. The summed E-state index contributed by atoms with van der Waals surface area (Å²) in [6.07, 6.45) is 1.01. The first-order chi connectivity index (χ1) is 12.1. The van der Waals surface area contributed by atoms with Crippen molar-refractivity contribution in [3.63, 3.8) is 0 Å². The predicted octanol–water partition coefficient (Wildman–Crippen LogP) is 2.56. The van der Waals surface area contributed by atoms with E-state index in [1.807, 2.05) is 25.1 Å². The van der Waals surface area contributed by atoms with Crippen LogP contribution in [0.5, 0.6) is 0 Å². The van der Waals surface area contributed by atoms with Crippen molar-refractivity contribution >= 4 is 11.7 Å². The molecule has 4 nitrogen and oxygen atoms in total. The van der Waals surface area contributed by atoms with Gasteiger partial charge in [0.25, 0.3) is 5.91 Å². The molecule has 2 aromatic carbocycles. The van der Waals surface area contributed by atoms with Gasteiger partial charge in [-0.2, -0.15) is 0 Å². The highest BCUT2D eigenvalue weighted by Crippen LogP contribution is 2.10. The molecule has 1 amide bonds. The van der Waals surface area contributed by atoms with Gasteiger partial charge in [-0.05, 0) is 18.9 Å². The molecular formula is C21H24N2O2. The maximum Gasteiger partial charge on any atom is 0.295 e. The van der Waals surface area contributed by atoms with Gasteiger partial charge in [-0.3, -0.25) is 14.5 Å². The Morgan fingerprint density at radius 2 is 1.52 bits per heavy atom. The number of benzene rings is 2. The van der Waals surface area contributed by atoms with E-state index in [1.54, 1.807) is 17.0 Å². The number of hydrogen-bond acceptors (Lipinski definition) is 3. The molecule has 0 N–H and O–H groups in total. The molecule has 0 spiro atoms. The lowest BCUT2D eigenvalue weighted by molar-refractivity contribution is -0.128. The van der Waals surface area contributed by atoms with E-state index in [-0.39, 0.29) is 5.91 Å². The van der Waals surface area contributed by atoms with E-state index in [4.69, 9.17) is 0 Å². The lowest BCUT2D eigenvalue weighted by Crippen LogP contribution is -2.50. The van der Waals surface area contributed by atoms with Gasteiger partial charge in [0.1, 0.15) is 0 Å². The zero-order valence-corrected chi connectivity index (χ0v) is 14.6. The molecule has 0 aliphatic carbocycles. The molecule has 2 aromatic rings. The highest BCUT2D eigenvalue weighted by atomic mass is 16.2. The van der Waals surface area contributed by atoms with Crippen LogP contribution in [0.15, 0.2) is 54.6 Å². The number of rotatable bonds is 5. The maximum atomic E-state index is 12.4. The Labute approximate surface area is 149 Å². The molecule has 0 aromatic heterocycles. The van der Waals surface area contributed by atoms with Crippen molar-refractivity contribution < 1.29 is 9.59 Å². The van der Waals surface area contributed by atoms with Crippen molar-refractivity contribution in [3.8, 4) is 0 Å². The van der Waals surface area contributed by atoms with Crippen LogP contribution in [0.4, 0.5) is 0 Å². The number of nitrogens with zero attached hydrogens (tertiary/aromatic N) is 2. The molecule has 0 atom stereocenters. The van der Waals surface area contributed by atoms with Crippen molar-refractivity contribution in [2.24, 2.45) is 0 Å². The van der Waals surface area contributed by atoms with Crippen LogP contribution in [-0.4, -0.2) is 54.2 Å². The molecule has 0 bridgehead atoms. The van der Waals surface area contributed by atoms with Crippen molar-refractivity contribution in [1.29, 1.82) is 0 Å². The van der Waals surface area contributed by atoms with Crippen molar-refractivity contribution in [3.05, 3.63) is 71.3 Å². The van der Waals surface area contributed by atoms with Crippen molar-refractivity contribution in [2.45, 2.75) is 13.3 Å². The summed E-state index contributed by atoms with van der Waals surface area (Å²) in [5, 5.41) is 0. The molecule has 0 saturated carbocycles. The topological polar surface area (TPSA) is 40.6 Å². The normalized spacial score (nSPS) is 15.2. The molecule has 1 heterocycles. The van der Waals surface area contributed by atoms with Gasteiger partial charge in [-0.1, -0.05) is 60.2 Å². The monoisotopic (exact) mass is 336 g/mol. The molecule has 0 radical (unpaired) electrons. The Morgan fingerprint density at radius 1 is 0.880 bits per heavy atom. The Kier molecular flexibility index (Phi) is 5.61. The first-order valence-corrected chi connectivity index (χ1v) is 8.80. The summed E-state index contributed by atoms with van der Waals surface area (Å²) in [5.74, 6) is -0.788. The first-order valence-electron chi connectivity index (χ1n) is 8.80. The average molecular weight is 336 g/mol. The van der Waals surface area contributed by atoms with Gasteiger partial charge in [0.05, 0.1) is 0 Å². The van der Waals surface area contributed by atoms with Crippen LogP contribution < -0.4 is 0 Å². The van der Waals surface area contributed by atoms with E-state index < -0.39 is 5.78 Å². The fourth-order valence-electron chi connectivity index (χ4n) is 3.08. The van der Waals surface area contributed by atoms with Gasteiger partial charge < -0.3 is 4.90 Å². The second kappa shape index (κ2) is 8.08. The van der Waals surface area contributed by atoms with E-state index in [9.17, 15) is 9.59 Å². The molecule has 130 valence electrons. The van der Waals surface area contributed by atoms with Crippen LogP contribution in [0, 0.1) is 6.92 Å². The fraction of sp³-hybridized carbons (Fsp3) is 0.333. The number of carbonyl (C=O) groups excluding carboxylic acids is 2. The number of ketones is 1. The standard InChI is InChI=1S/C21H24N2O2/c1-17-7-9-19(10-8-17)20(24)21(25)23-15-13-22(14-16-23)12-11-18-5-3-2-4-6-18/h2-10H,11-16H2,1H3. The summed E-state index contributed by atoms with van der Waals surface area (Å²) in [4.78, 5) is 28.8. The van der Waals surface area contributed by atoms with E-state index >= 15 is 0 Å². The van der Waals surface area contributed by atoms with Crippen LogP contribution in [0.3, 0.4) is 0 Å². The van der Waals surface area contributed by atoms with Gasteiger partial charge in [-0.15, -0.1) is 0 Å². The van der Waals surface area contributed by atoms with Crippen LogP contribution in [0.25, 0.3) is 0 Å². The Morgan fingerprint density at radius 3 is 2.16 bits per heavy atom. The van der Waals surface area contributed by atoms with Gasteiger partial charge in [-0.25, -0.2) is 0 Å². The van der Waals surface area contributed by atoms with E-state index in [0.717, 1.165) is 31.6 Å². The zero-order chi connectivity index (χ0) is 17.6. The van der Waals surface area contributed by atoms with Gasteiger partial charge in [0.2, 0.25) is 5.78 Å². The smallest absolute Gasteiger partial charge is 0.295 e. The second-order valence-corrected chi connectivity index (χ2v) is 6.56. The molecule has 1 aliphatic rings. The third-order valence-corrected chi connectivity index (χ3v) is 4.73. The van der Waals surface area contributed by atoms with Crippen molar-refractivity contribution in [1.82, 2.24) is 9.80 Å². The van der Waals surface area contributed by atoms with Crippen LogP contribution in [0.2, 0.25) is 0 Å². The minimum Gasteiger partial charge on any atom is -0.333 e. The number of hydrogen-bond donors (Lipinski definition) is 0. The Bertz CT molecular complexity index is 717. The lowest BCUT2D eigenvalue weighted by atomic mass is 10.1. The molecule has 1 fully saturated rings. The highest BCUT2D eigenvalue weighted by Gasteiger charge is 2.26. The Balaban J connectivity index is 1.49. The largest absolute Gasteiger partial charge is 0.333 e. The summed E-state index contributed by atoms with van der Waals surface area (Å²) in [7, 11) is 0. The van der Waals surface area contributed by atoms with E-state index in [1.165, 1.54) is 5.56 Å². The molecule has 1 aliphatic heterocycles. The SMILES string of the molecule is Cc1ccc(C(=O)C(=O)N2CCN(CCc3ccccc3)CC2)cc1. The van der Waals surface area contributed by atoms with Gasteiger partial charge >= 0.3 is 0 Å². The zero-order valence-electron chi connectivity index (χ0n) is 14.6. The number of carbonyl (C=O) groups is 2. The first kappa shape index (κ1) is 17.4. The Hall–Kier alpha value is -2.46. The number of Topliss-reactive ketones (excluding diaryl/α,β-unsaturated/α-hetero) is 1. The molecule has 1 saturated heterocycles. The van der Waals surface area contributed by atoms with E-state index in [2.05, 4.69) is 29.2 Å². The molecule has 25 heavy (non-hydrogen) atoms. The van der Waals surface area contributed by atoms with Crippen LogP contribution in [-0.2, 0) is 11.2 Å². The molecule has 0 unspecified atom stereocenters. The summed E-state index contributed by atoms with van der Waals surface area (Å²) < 4.78 is 0.